The van der Waals surface area contributed by atoms with Crippen LogP contribution in [0.25, 0.3) is 0 Å². The molecule has 176 valence electrons. The first-order valence-electron chi connectivity index (χ1n) is 11.3. The van der Waals surface area contributed by atoms with Gasteiger partial charge >= 0.3 is 0 Å². The molecule has 0 aromatic heterocycles. The molecule has 1 aliphatic rings. The van der Waals surface area contributed by atoms with E-state index >= 15 is 0 Å². The number of para-hydroxylation sites is 2. The topological polar surface area (TPSA) is 92.6 Å². The second kappa shape index (κ2) is 9.68. The van der Waals surface area contributed by atoms with E-state index < -0.39 is 16.9 Å². The van der Waals surface area contributed by atoms with Gasteiger partial charge in [0.2, 0.25) is 0 Å². The van der Waals surface area contributed by atoms with Crippen molar-refractivity contribution in [2.45, 2.75) is 6.04 Å². The van der Waals surface area contributed by atoms with Crippen LogP contribution in [-0.2, 0) is 4.79 Å². The lowest BCUT2D eigenvalue weighted by Crippen LogP contribution is -2.31. The number of nitro benzene ring substituents is 1. The highest BCUT2D eigenvalue weighted by molar-refractivity contribution is 6.23. The number of hydrogen-bond donors (Lipinski definition) is 1. The molecule has 0 saturated heterocycles. The summed E-state index contributed by atoms with van der Waals surface area (Å²) in [5.74, 6) is -0.738. The molecular weight excluding hydrogens is 454 g/mol. The van der Waals surface area contributed by atoms with Gasteiger partial charge in [-0.2, -0.15) is 0 Å². The van der Waals surface area contributed by atoms with Crippen LogP contribution in [0.4, 0.5) is 17.1 Å². The number of ketones is 1. The molecule has 0 fully saturated rings. The van der Waals surface area contributed by atoms with Gasteiger partial charge in [-0.3, -0.25) is 24.6 Å². The number of anilines is 2. The molecular formula is C29H21N3O4. The lowest BCUT2D eigenvalue weighted by molar-refractivity contribution is -0.384. The average Bonchev–Trinajstić information content (AvgIpc) is 3.21. The number of carbonyl (C=O) groups excluding carboxylic acids is 2. The predicted molar refractivity (Wildman–Crippen MR) is 138 cm³/mol. The Bertz CT molecular complexity index is 1470. The van der Waals surface area contributed by atoms with Crippen molar-refractivity contribution in [2.75, 3.05) is 10.2 Å². The second-order valence-corrected chi connectivity index (χ2v) is 8.24. The number of benzene rings is 4. The molecule has 4 aromatic rings. The van der Waals surface area contributed by atoms with Gasteiger partial charge in [-0.25, -0.2) is 0 Å². The van der Waals surface area contributed by atoms with Gasteiger partial charge in [-0.05, 0) is 29.8 Å². The van der Waals surface area contributed by atoms with E-state index in [1.807, 2.05) is 30.3 Å². The van der Waals surface area contributed by atoms with Crippen LogP contribution in [-0.4, -0.2) is 16.6 Å². The van der Waals surface area contributed by atoms with Crippen LogP contribution < -0.4 is 10.2 Å². The molecule has 5 rings (SSSR count). The van der Waals surface area contributed by atoms with Gasteiger partial charge < -0.3 is 5.32 Å². The largest absolute Gasteiger partial charge is 0.351 e. The van der Waals surface area contributed by atoms with Crippen molar-refractivity contribution in [3.05, 3.63) is 148 Å². The van der Waals surface area contributed by atoms with Crippen molar-refractivity contribution in [3.8, 4) is 0 Å². The van der Waals surface area contributed by atoms with Crippen molar-refractivity contribution in [1.29, 1.82) is 0 Å². The highest BCUT2D eigenvalue weighted by Gasteiger charge is 2.44. The summed E-state index contributed by atoms with van der Waals surface area (Å²) in [7, 11) is 0. The van der Waals surface area contributed by atoms with Crippen molar-refractivity contribution in [2.24, 2.45) is 0 Å². The molecule has 1 unspecified atom stereocenters. The molecule has 36 heavy (non-hydrogen) atoms. The minimum absolute atomic E-state index is 0.121. The molecule has 1 heterocycles. The molecule has 1 atom stereocenters. The third-order valence-corrected chi connectivity index (χ3v) is 5.99. The summed E-state index contributed by atoms with van der Waals surface area (Å²) >= 11 is 0. The van der Waals surface area contributed by atoms with Gasteiger partial charge in [0.25, 0.3) is 11.6 Å². The summed E-state index contributed by atoms with van der Waals surface area (Å²) in [5, 5.41) is 14.7. The number of non-ortho nitro benzene ring substituents is 1. The average molecular weight is 476 g/mol. The fourth-order valence-corrected chi connectivity index (χ4v) is 4.37. The normalized spacial score (nSPS) is 15.2. The number of hydrogen-bond acceptors (Lipinski definition) is 5. The number of carbonyl (C=O) groups is 2. The van der Waals surface area contributed by atoms with Crippen molar-refractivity contribution >= 4 is 28.8 Å². The smallest absolute Gasteiger partial charge is 0.276 e. The minimum atomic E-state index is -0.876. The molecule has 0 spiro atoms. The van der Waals surface area contributed by atoms with Crippen LogP contribution in [0.1, 0.15) is 22.0 Å². The Hall–Kier alpha value is -5.04. The maximum Gasteiger partial charge on any atom is 0.276 e. The summed E-state index contributed by atoms with van der Waals surface area (Å²) in [4.78, 5) is 40.5. The molecule has 7 heteroatoms. The van der Waals surface area contributed by atoms with E-state index in [-0.39, 0.29) is 22.7 Å². The van der Waals surface area contributed by atoms with E-state index in [2.05, 4.69) is 5.32 Å². The van der Waals surface area contributed by atoms with E-state index in [4.69, 9.17) is 0 Å². The van der Waals surface area contributed by atoms with Gasteiger partial charge in [0.15, 0.2) is 5.78 Å². The lowest BCUT2D eigenvalue weighted by Gasteiger charge is -2.27. The lowest BCUT2D eigenvalue weighted by atomic mass is 9.92. The monoisotopic (exact) mass is 475 g/mol. The maximum atomic E-state index is 14.0. The summed E-state index contributed by atoms with van der Waals surface area (Å²) in [6, 6.07) is 32.0. The summed E-state index contributed by atoms with van der Waals surface area (Å²) in [5.41, 5.74) is 2.33. The molecule has 0 aliphatic carbocycles. The van der Waals surface area contributed by atoms with Gasteiger partial charge in [-0.15, -0.1) is 0 Å². The molecule has 1 aliphatic heterocycles. The standard InChI is InChI=1S/C29H21N3O4/c33-28(20-11-4-1-5-12-20)25-26(30-22-14-6-2-7-15-22)29(34)31(23-16-8-3-9-17-23)27(25)21-13-10-18-24(19-21)32(35)36/h1-19,27,30H. The Labute approximate surface area is 207 Å². The minimum Gasteiger partial charge on any atom is -0.351 e. The molecule has 1 N–H and O–H groups in total. The Kier molecular flexibility index (Phi) is 6.11. The third-order valence-electron chi connectivity index (χ3n) is 5.99. The molecule has 1 amide bonds. The number of nitrogens with one attached hydrogen (secondary N) is 1. The molecule has 0 saturated carbocycles. The first-order chi connectivity index (χ1) is 17.5. The summed E-state index contributed by atoms with van der Waals surface area (Å²) < 4.78 is 0. The fraction of sp³-hybridized carbons (Fsp3) is 0.0345. The van der Waals surface area contributed by atoms with Crippen molar-refractivity contribution in [1.82, 2.24) is 0 Å². The van der Waals surface area contributed by atoms with Gasteiger partial charge in [0.1, 0.15) is 5.70 Å². The zero-order valence-corrected chi connectivity index (χ0v) is 19.1. The maximum absolute atomic E-state index is 14.0. The van der Waals surface area contributed by atoms with Crippen LogP contribution in [0.15, 0.2) is 127 Å². The quantitative estimate of drug-likeness (QED) is 0.203. The third kappa shape index (κ3) is 4.25. The number of nitrogens with zero attached hydrogens (tertiary/aromatic N) is 2. The number of amides is 1. The van der Waals surface area contributed by atoms with E-state index in [0.717, 1.165) is 0 Å². The Morgan fingerprint density at radius 2 is 1.42 bits per heavy atom. The van der Waals surface area contributed by atoms with Crippen LogP contribution in [0.5, 0.6) is 0 Å². The number of nitro groups is 1. The first-order valence-corrected chi connectivity index (χ1v) is 11.3. The van der Waals surface area contributed by atoms with Crippen LogP contribution in [0.2, 0.25) is 0 Å². The molecule has 4 aromatic carbocycles. The molecule has 0 bridgehead atoms. The van der Waals surface area contributed by atoms with E-state index in [1.165, 1.54) is 17.0 Å². The van der Waals surface area contributed by atoms with Crippen LogP contribution in [0.3, 0.4) is 0 Å². The fourth-order valence-electron chi connectivity index (χ4n) is 4.37. The van der Waals surface area contributed by atoms with Crippen LogP contribution in [0, 0.1) is 10.1 Å². The summed E-state index contributed by atoms with van der Waals surface area (Å²) in [6.45, 7) is 0. The summed E-state index contributed by atoms with van der Waals surface area (Å²) in [6.07, 6.45) is 0. The van der Waals surface area contributed by atoms with Crippen LogP contribution >= 0.6 is 0 Å². The van der Waals surface area contributed by atoms with Crippen molar-refractivity contribution in [3.63, 3.8) is 0 Å². The molecule has 0 radical (unpaired) electrons. The van der Waals surface area contributed by atoms with Gasteiger partial charge in [0, 0.05) is 29.1 Å². The highest BCUT2D eigenvalue weighted by atomic mass is 16.6. The van der Waals surface area contributed by atoms with E-state index in [1.54, 1.807) is 72.8 Å². The van der Waals surface area contributed by atoms with Crippen molar-refractivity contribution < 1.29 is 14.5 Å². The zero-order valence-electron chi connectivity index (χ0n) is 19.1. The van der Waals surface area contributed by atoms with Gasteiger partial charge in [0.05, 0.1) is 16.5 Å². The molecule has 7 nitrogen and oxygen atoms in total. The van der Waals surface area contributed by atoms with E-state index in [0.29, 0.717) is 22.5 Å². The predicted octanol–water partition coefficient (Wildman–Crippen LogP) is 5.93. The Balaban J connectivity index is 1.75. The highest BCUT2D eigenvalue weighted by Crippen LogP contribution is 2.43. The zero-order chi connectivity index (χ0) is 25.1. The van der Waals surface area contributed by atoms with E-state index in [9.17, 15) is 19.7 Å². The number of rotatable bonds is 7. The second-order valence-electron chi connectivity index (χ2n) is 8.24. The first kappa shape index (κ1) is 22.7. The Morgan fingerprint density at radius 1 is 0.806 bits per heavy atom. The van der Waals surface area contributed by atoms with Gasteiger partial charge in [-0.1, -0.05) is 78.9 Å². The Morgan fingerprint density at radius 3 is 2.06 bits per heavy atom. The SMILES string of the molecule is O=C(C1=C(Nc2ccccc2)C(=O)N(c2ccccc2)C1c1cccc([N+](=O)[O-])c1)c1ccccc1. The number of Topliss-reactive ketones (excluding diaryl/α,β-unsaturated/α-hetero) is 1.